The summed E-state index contributed by atoms with van der Waals surface area (Å²) in [7, 11) is 1.81. The summed E-state index contributed by atoms with van der Waals surface area (Å²) in [6.07, 6.45) is 1.77. The third kappa shape index (κ3) is 3.69. The zero-order valence-corrected chi connectivity index (χ0v) is 10.9. The van der Waals surface area contributed by atoms with Crippen LogP contribution in [0.1, 0.15) is 16.1 Å². The van der Waals surface area contributed by atoms with E-state index in [0.717, 1.165) is 5.56 Å². The van der Waals surface area contributed by atoms with Gasteiger partial charge in [-0.05, 0) is 17.7 Å². The van der Waals surface area contributed by atoms with E-state index in [9.17, 15) is 9.90 Å². The van der Waals surface area contributed by atoms with Crippen LogP contribution >= 0.6 is 0 Å². The zero-order chi connectivity index (χ0) is 13.7. The van der Waals surface area contributed by atoms with Gasteiger partial charge in [-0.2, -0.15) is 0 Å². The Hall–Kier alpha value is -2.07. The Balaban J connectivity index is 1.82. The number of aromatic nitrogens is 1. The molecule has 2 N–H and O–H groups in total. The van der Waals surface area contributed by atoms with E-state index in [2.05, 4.69) is 5.32 Å². The minimum Gasteiger partial charge on any atom is -0.391 e. The molecule has 0 radical (unpaired) electrons. The van der Waals surface area contributed by atoms with Gasteiger partial charge in [0.15, 0.2) is 0 Å². The monoisotopic (exact) mass is 258 g/mol. The first-order valence-corrected chi connectivity index (χ1v) is 6.28. The second-order valence-electron chi connectivity index (χ2n) is 4.56. The zero-order valence-electron chi connectivity index (χ0n) is 10.9. The summed E-state index contributed by atoms with van der Waals surface area (Å²) in [5, 5.41) is 12.6. The molecule has 4 nitrogen and oxygen atoms in total. The molecule has 1 amide bonds. The summed E-state index contributed by atoms with van der Waals surface area (Å²) < 4.78 is 1.75. The van der Waals surface area contributed by atoms with Crippen molar-refractivity contribution in [1.29, 1.82) is 0 Å². The molecule has 0 saturated carbocycles. The fraction of sp³-hybridized carbons (Fsp3) is 0.267. The van der Waals surface area contributed by atoms with Crippen molar-refractivity contribution in [2.45, 2.75) is 12.5 Å². The van der Waals surface area contributed by atoms with E-state index in [-0.39, 0.29) is 12.5 Å². The van der Waals surface area contributed by atoms with Gasteiger partial charge in [0.1, 0.15) is 5.69 Å². The third-order valence-electron chi connectivity index (χ3n) is 2.99. The SMILES string of the molecule is Cn1cccc1C(=O)NCC(O)Cc1ccccc1. The van der Waals surface area contributed by atoms with E-state index in [1.54, 1.807) is 10.6 Å². The van der Waals surface area contributed by atoms with E-state index in [0.29, 0.717) is 12.1 Å². The second kappa shape index (κ2) is 6.20. The lowest BCUT2D eigenvalue weighted by Gasteiger charge is -2.12. The smallest absolute Gasteiger partial charge is 0.267 e. The van der Waals surface area contributed by atoms with E-state index >= 15 is 0 Å². The average Bonchev–Trinajstić information content (AvgIpc) is 2.83. The first-order chi connectivity index (χ1) is 9.16. The summed E-state index contributed by atoms with van der Waals surface area (Å²) in [6, 6.07) is 13.3. The van der Waals surface area contributed by atoms with Gasteiger partial charge in [-0.1, -0.05) is 30.3 Å². The number of carbonyl (C=O) groups is 1. The molecule has 2 aromatic rings. The van der Waals surface area contributed by atoms with Crippen LogP contribution in [0.2, 0.25) is 0 Å². The van der Waals surface area contributed by atoms with Gasteiger partial charge in [0.25, 0.3) is 5.91 Å². The predicted octanol–water partition coefficient (Wildman–Crippen LogP) is 1.36. The Labute approximate surface area is 112 Å². The number of benzene rings is 1. The number of nitrogens with zero attached hydrogens (tertiary/aromatic N) is 1. The van der Waals surface area contributed by atoms with Gasteiger partial charge >= 0.3 is 0 Å². The number of hydrogen-bond donors (Lipinski definition) is 2. The maximum Gasteiger partial charge on any atom is 0.267 e. The van der Waals surface area contributed by atoms with Crippen molar-refractivity contribution in [2.75, 3.05) is 6.54 Å². The molecular weight excluding hydrogens is 240 g/mol. The molecule has 1 unspecified atom stereocenters. The lowest BCUT2D eigenvalue weighted by Crippen LogP contribution is -2.34. The minimum absolute atomic E-state index is 0.167. The van der Waals surface area contributed by atoms with E-state index in [1.807, 2.05) is 49.6 Å². The fourth-order valence-corrected chi connectivity index (χ4v) is 1.96. The highest BCUT2D eigenvalue weighted by Crippen LogP contribution is 2.03. The number of aliphatic hydroxyl groups is 1. The molecule has 0 saturated heterocycles. The van der Waals surface area contributed by atoms with Crippen LogP contribution in [0.3, 0.4) is 0 Å². The van der Waals surface area contributed by atoms with Crippen LogP contribution in [0.5, 0.6) is 0 Å². The Bertz CT molecular complexity index is 534. The second-order valence-corrected chi connectivity index (χ2v) is 4.56. The number of hydrogen-bond acceptors (Lipinski definition) is 2. The molecule has 100 valence electrons. The van der Waals surface area contributed by atoms with Gasteiger partial charge < -0.3 is 15.0 Å². The molecule has 1 heterocycles. The molecule has 0 aliphatic carbocycles. The molecule has 4 heteroatoms. The fourth-order valence-electron chi connectivity index (χ4n) is 1.96. The van der Waals surface area contributed by atoms with Gasteiger partial charge in [0, 0.05) is 26.2 Å². The lowest BCUT2D eigenvalue weighted by atomic mass is 10.1. The normalized spacial score (nSPS) is 12.1. The molecule has 0 aliphatic heterocycles. The van der Waals surface area contributed by atoms with Crippen LogP contribution in [0.25, 0.3) is 0 Å². The number of rotatable bonds is 5. The van der Waals surface area contributed by atoms with Crippen molar-refractivity contribution in [3.63, 3.8) is 0 Å². The maximum atomic E-state index is 11.8. The quantitative estimate of drug-likeness (QED) is 0.850. The number of amides is 1. The highest BCUT2D eigenvalue weighted by atomic mass is 16.3. The van der Waals surface area contributed by atoms with Gasteiger partial charge in [-0.15, -0.1) is 0 Å². The molecule has 1 aromatic carbocycles. The first kappa shape index (κ1) is 13.4. The topological polar surface area (TPSA) is 54.3 Å². The van der Waals surface area contributed by atoms with Crippen LogP contribution < -0.4 is 5.32 Å². The average molecular weight is 258 g/mol. The molecular formula is C15H18N2O2. The van der Waals surface area contributed by atoms with Gasteiger partial charge in [0.05, 0.1) is 6.10 Å². The van der Waals surface area contributed by atoms with E-state index in [4.69, 9.17) is 0 Å². The standard InChI is InChI=1S/C15H18N2O2/c1-17-9-5-8-14(17)15(19)16-11-13(18)10-12-6-3-2-4-7-12/h2-9,13,18H,10-11H2,1H3,(H,16,19). The Morgan fingerprint density at radius 1 is 1.26 bits per heavy atom. The van der Waals surface area contributed by atoms with Gasteiger partial charge in [-0.25, -0.2) is 0 Å². The molecule has 1 atom stereocenters. The molecule has 0 fully saturated rings. The molecule has 2 rings (SSSR count). The number of aryl methyl sites for hydroxylation is 1. The molecule has 0 aliphatic rings. The van der Waals surface area contributed by atoms with Crippen molar-refractivity contribution in [2.24, 2.45) is 7.05 Å². The summed E-state index contributed by atoms with van der Waals surface area (Å²) in [6.45, 7) is 0.249. The largest absolute Gasteiger partial charge is 0.391 e. The summed E-state index contributed by atoms with van der Waals surface area (Å²) in [4.78, 5) is 11.8. The number of nitrogens with one attached hydrogen (secondary N) is 1. The van der Waals surface area contributed by atoms with Crippen molar-refractivity contribution in [3.8, 4) is 0 Å². The van der Waals surface area contributed by atoms with Crippen LogP contribution in [0.15, 0.2) is 48.7 Å². The Kier molecular flexibility index (Phi) is 4.36. The van der Waals surface area contributed by atoms with Crippen molar-refractivity contribution in [3.05, 3.63) is 59.9 Å². The molecule has 1 aromatic heterocycles. The highest BCUT2D eigenvalue weighted by molar-refractivity contribution is 5.92. The Morgan fingerprint density at radius 2 is 2.00 bits per heavy atom. The summed E-state index contributed by atoms with van der Waals surface area (Å²) >= 11 is 0. The van der Waals surface area contributed by atoms with Gasteiger partial charge in [0.2, 0.25) is 0 Å². The Morgan fingerprint density at radius 3 is 2.63 bits per heavy atom. The number of carbonyl (C=O) groups excluding carboxylic acids is 1. The van der Waals surface area contributed by atoms with Crippen molar-refractivity contribution < 1.29 is 9.90 Å². The minimum atomic E-state index is -0.577. The van der Waals surface area contributed by atoms with Crippen LogP contribution in [0.4, 0.5) is 0 Å². The molecule has 0 bridgehead atoms. The highest BCUT2D eigenvalue weighted by Gasteiger charge is 2.11. The van der Waals surface area contributed by atoms with E-state index < -0.39 is 6.10 Å². The maximum absolute atomic E-state index is 11.8. The molecule has 0 spiro atoms. The van der Waals surface area contributed by atoms with Gasteiger partial charge in [-0.3, -0.25) is 4.79 Å². The van der Waals surface area contributed by atoms with Crippen molar-refractivity contribution in [1.82, 2.24) is 9.88 Å². The summed E-state index contributed by atoms with van der Waals surface area (Å²) in [5.41, 5.74) is 1.65. The van der Waals surface area contributed by atoms with Crippen LogP contribution in [-0.4, -0.2) is 28.2 Å². The lowest BCUT2D eigenvalue weighted by molar-refractivity contribution is 0.0908. The van der Waals surface area contributed by atoms with Crippen LogP contribution in [-0.2, 0) is 13.5 Å². The number of aliphatic hydroxyl groups excluding tert-OH is 1. The molecule has 19 heavy (non-hydrogen) atoms. The van der Waals surface area contributed by atoms with Crippen molar-refractivity contribution >= 4 is 5.91 Å². The first-order valence-electron chi connectivity index (χ1n) is 6.28. The van der Waals surface area contributed by atoms with E-state index in [1.165, 1.54) is 0 Å². The predicted molar refractivity (Wildman–Crippen MR) is 73.9 cm³/mol. The summed E-state index contributed by atoms with van der Waals surface area (Å²) in [5.74, 6) is -0.167. The third-order valence-corrected chi connectivity index (χ3v) is 2.99. The van der Waals surface area contributed by atoms with Crippen LogP contribution in [0, 0.1) is 0 Å².